The van der Waals surface area contributed by atoms with Gasteiger partial charge in [0.1, 0.15) is 0 Å². The molecule has 1 aromatic rings. The smallest absolute Gasteiger partial charge is 0.225 e. The molecule has 1 amide bonds. The maximum atomic E-state index is 11.9. The van der Waals surface area contributed by atoms with Crippen LogP contribution in [0.2, 0.25) is 5.15 Å². The van der Waals surface area contributed by atoms with E-state index in [0.29, 0.717) is 28.7 Å². The van der Waals surface area contributed by atoms with Crippen molar-refractivity contribution >= 4 is 23.2 Å². The monoisotopic (exact) mass is 268 g/mol. The Morgan fingerprint density at radius 3 is 2.50 bits per heavy atom. The number of halogens is 1. The van der Waals surface area contributed by atoms with Gasteiger partial charge in [0.2, 0.25) is 5.91 Å². The molecule has 0 atom stereocenters. The highest BCUT2D eigenvalue weighted by molar-refractivity contribution is 6.31. The van der Waals surface area contributed by atoms with Gasteiger partial charge in [0.15, 0.2) is 5.15 Å². The van der Waals surface area contributed by atoms with Crippen LogP contribution in [0.15, 0.2) is 6.20 Å². The summed E-state index contributed by atoms with van der Waals surface area (Å²) in [6.07, 6.45) is 5.78. The average Bonchev–Trinajstić information content (AvgIpc) is 3.16. The van der Waals surface area contributed by atoms with Gasteiger partial charge in [0.05, 0.1) is 11.7 Å². The summed E-state index contributed by atoms with van der Waals surface area (Å²) in [5, 5.41) is 4.57. The normalized spacial score (nSPS) is 21.3. The van der Waals surface area contributed by atoms with E-state index in [1.165, 1.54) is 0 Å². The molecule has 1 aliphatic heterocycles. The van der Waals surface area contributed by atoms with Crippen LogP contribution >= 0.6 is 11.6 Å². The van der Waals surface area contributed by atoms with Gasteiger partial charge in [-0.1, -0.05) is 11.6 Å². The first-order valence-electron chi connectivity index (χ1n) is 6.44. The van der Waals surface area contributed by atoms with Gasteiger partial charge in [-0.2, -0.15) is 5.10 Å². The van der Waals surface area contributed by atoms with Crippen LogP contribution in [0, 0.1) is 5.92 Å². The Morgan fingerprint density at radius 1 is 1.33 bits per heavy atom. The van der Waals surface area contributed by atoms with E-state index in [1.807, 2.05) is 9.58 Å². The molecule has 0 spiro atoms. The summed E-state index contributed by atoms with van der Waals surface area (Å²) in [5.74, 6) is 0.655. The SMILES string of the molecule is Nc1cn(C2CCN(C(=O)C3CC3)CC2)nc1Cl. The molecule has 1 saturated heterocycles. The van der Waals surface area contributed by atoms with Gasteiger partial charge < -0.3 is 10.6 Å². The zero-order valence-corrected chi connectivity index (χ0v) is 10.9. The van der Waals surface area contributed by atoms with Gasteiger partial charge in [-0.15, -0.1) is 0 Å². The third-order valence-electron chi connectivity index (χ3n) is 3.79. The third kappa shape index (κ3) is 2.19. The highest BCUT2D eigenvalue weighted by Crippen LogP contribution is 2.33. The van der Waals surface area contributed by atoms with Crippen molar-refractivity contribution < 1.29 is 4.79 Å². The number of rotatable bonds is 2. The number of amides is 1. The highest BCUT2D eigenvalue weighted by Gasteiger charge is 2.35. The second-order valence-corrected chi connectivity index (χ2v) is 5.54. The quantitative estimate of drug-likeness (QED) is 0.888. The molecular formula is C12H17ClN4O. The van der Waals surface area contributed by atoms with Crippen LogP contribution in [-0.4, -0.2) is 33.7 Å². The number of carbonyl (C=O) groups is 1. The minimum atomic E-state index is 0.308. The van der Waals surface area contributed by atoms with E-state index in [0.717, 1.165) is 38.8 Å². The van der Waals surface area contributed by atoms with Crippen molar-refractivity contribution in [2.75, 3.05) is 18.8 Å². The van der Waals surface area contributed by atoms with E-state index in [1.54, 1.807) is 6.20 Å². The molecule has 6 heteroatoms. The van der Waals surface area contributed by atoms with E-state index < -0.39 is 0 Å². The lowest BCUT2D eigenvalue weighted by Crippen LogP contribution is -2.39. The van der Waals surface area contributed by atoms with Crippen LogP contribution in [0.1, 0.15) is 31.7 Å². The molecule has 2 aliphatic rings. The lowest BCUT2D eigenvalue weighted by molar-refractivity contribution is -0.133. The number of likely N-dealkylation sites (tertiary alicyclic amines) is 1. The summed E-state index contributed by atoms with van der Waals surface area (Å²) in [6, 6.07) is 0.308. The lowest BCUT2D eigenvalue weighted by Gasteiger charge is -2.32. The Kier molecular flexibility index (Phi) is 2.93. The second kappa shape index (κ2) is 4.46. The number of piperidine rings is 1. The molecule has 1 saturated carbocycles. The Hall–Kier alpha value is -1.23. The van der Waals surface area contributed by atoms with Gasteiger partial charge in [-0.05, 0) is 25.7 Å². The predicted octanol–water partition coefficient (Wildman–Crippen LogP) is 1.69. The number of nitrogen functional groups attached to an aromatic ring is 1. The fourth-order valence-corrected chi connectivity index (χ4v) is 2.65. The lowest BCUT2D eigenvalue weighted by atomic mass is 10.0. The summed E-state index contributed by atoms with van der Waals surface area (Å²) >= 11 is 5.86. The number of hydrogen-bond acceptors (Lipinski definition) is 3. The fraction of sp³-hybridized carbons (Fsp3) is 0.667. The second-order valence-electron chi connectivity index (χ2n) is 5.19. The Bertz CT molecular complexity index is 441. The topological polar surface area (TPSA) is 64.2 Å². The molecule has 1 aromatic heterocycles. The maximum Gasteiger partial charge on any atom is 0.225 e. The van der Waals surface area contributed by atoms with Crippen molar-refractivity contribution in [1.29, 1.82) is 0 Å². The van der Waals surface area contributed by atoms with Gasteiger partial charge in [0.25, 0.3) is 0 Å². The summed E-state index contributed by atoms with van der Waals surface area (Å²) in [7, 11) is 0. The zero-order valence-electron chi connectivity index (χ0n) is 10.2. The molecule has 1 aliphatic carbocycles. The summed E-state index contributed by atoms with van der Waals surface area (Å²) in [5.41, 5.74) is 6.21. The Morgan fingerprint density at radius 2 is 2.00 bits per heavy atom. The Labute approximate surface area is 111 Å². The van der Waals surface area contributed by atoms with Gasteiger partial charge in [0, 0.05) is 25.2 Å². The molecule has 0 bridgehead atoms. The van der Waals surface area contributed by atoms with E-state index in [-0.39, 0.29) is 0 Å². The molecule has 2 N–H and O–H groups in total. The van der Waals surface area contributed by atoms with Crippen molar-refractivity contribution in [3.8, 4) is 0 Å². The standard InChI is InChI=1S/C12H17ClN4O/c13-11-10(14)7-17(15-11)9-3-5-16(6-4-9)12(18)8-1-2-8/h7-9H,1-6,14H2. The third-order valence-corrected chi connectivity index (χ3v) is 4.08. The summed E-state index contributed by atoms with van der Waals surface area (Å²) < 4.78 is 1.84. The molecule has 0 aromatic carbocycles. The van der Waals surface area contributed by atoms with Crippen molar-refractivity contribution in [3.05, 3.63) is 11.3 Å². The molecule has 2 fully saturated rings. The van der Waals surface area contributed by atoms with Crippen LogP contribution < -0.4 is 5.73 Å². The van der Waals surface area contributed by atoms with Crippen LogP contribution in [0.5, 0.6) is 0 Å². The minimum Gasteiger partial charge on any atom is -0.395 e. The van der Waals surface area contributed by atoms with Gasteiger partial charge >= 0.3 is 0 Å². The molecule has 5 nitrogen and oxygen atoms in total. The van der Waals surface area contributed by atoms with Crippen molar-refractivity contribution in [2.24, 2.45) is 5.92 Å². The van der Waals surface area contributed by atoms with Crippen LogP contribution in [0.25, 0.3) is 0 Å². The molecule has 98 valence electrons. The number of nitrogens with two attached hydrogens (primary N) is 1. The molecule has 2 heterocycles. The molecule has 18 heavy (non-hydrogen) atoms. The van der Waals surface area contributed by atoms with E-state index in [9.17, 15) is 4.79 Å². The number of aromatic nitrogens is 2. The first-order chi connectivity index (χ1) is 8.65. The highest BCUT2D eigenvalue weighted by atomic mass is 35.5. The molecular weight excluding hydrogens is 252 g/mol. The van der Waals surface area contributed by atoms with Crippen molar-refractivity contribution in [2.45, 2.75) is 31.7 Å². The fourth-order valence-electron chi connectivity index (χ4n) is 2.51. The van der Waals surface area contributed by atoms with Crippen LogP contribution in [0.4, 0.5) is 5.69 Å². The van der Waals surface area contributed by atoms with Crippen LogP contribution in [0.3, 0.4) is 0 Å². The van der Waals surface area contributed by atoms with Gasteiger partial charge in [-0.3, -0.25) is 9.48 Å². The number of nitrogens with zero attached hydrogens (tertiary/aromatic N) is 3. The Balaban J connectivity index is 1.60. The first kappa shape index (κ1) is 11.8. The van der Waals surface area contributed by atoms with E-state index in [2.05, 4.69) is 5.10 Å². The zero-order chi connectivity index (χ0) is 12.7. The summed E-state index contributed by atoms with van der Waals surface area (Å²) in [4.78, 5) is 13.9. The van der Waals surface area contributed by atoms with Crippen molar-refractivity contribution in [1.82, 2.24) is 14.7 Å². The first-order valence-corrected chi connectivity index (χ1v) is 6.82. The van der Waals surface area contributed by atoms with E-state index in [4.69, 9.17) is 17.3 Å². The maximum absolute atomic E-state index is 11.9. The minimum absolute atomic E-state index is 0.308. The summed E-state index contributed by atoms with van der Waals surface area (Å²) in [6.45, 7) is 1.63. The number of carbonyl (C=O) groups excluding carboxylic acids is 1. The predicted molar refractivity (Wildman–Crippen MR) is 69.2 cm³/mol. The molecule has 3 rings (SSSR count). The molecule has 0 unspecified atom stereocenters. The average molecular weight is 269 g/mol. The number of hydrogen-bond donors (Lipinski definition) is 1. The van der Waals surface area contributed by atoms with Crippen LogP contribution in [-0.2, 0) is 4.79 Å². The van der Waals surface area contributed by atoms with Crippen molar-refractivity contribution in [3.63, 3.8) is 0 Å². The largest absolute Gasteiger partial charge is 0.395 e. The number of anilines is 1. The van der Waals surface area contributed by atoms with Gasteiger partial charge in [-0.25, -0.2) is 0 Å². The van der Waals surface area contributed by atoms with E-state index >= 15 is 0 Å². The molecule has 0 radical (unpaired) electrons.